The van der Waals surface area contributed by atoms with Gasteiger partial charge in [-0.2, -0.15) is 5.10 Å². The summed E-state index contributed by atoms with van der Waals surface area (Å²) in [4.78, 5) is 12.1. The topological polar surface area (TPSA) is 46.9 Å². The molecule has 0 saturated heterocycles. The van der Waals surface area contributed by atoms with E-state index in [0.717, 1.165) is 23.9 Å². The summed E-state index contributed by atoms with van der Waals surface area (Å²) in [6.45, 7) is 3.62. The Bertz CT molecular complexity index is 647. The molecule has 0 fully saturated rings. The molecular weight excluding hydrogens is 276 g/mol. The van der Waals surface area contributed by atoms with Crippen LogP contribution in [0.25, 0.3) is 0 Å². The number of hydrogen-bond acceptors (Lipinski definition) is 2. The molecule has 0 saturated carbocycles. The number of aromatic nitrogens is 2. The number of benzene rings is 1. The van der Waals surface area contributed by atoms with E-state index >= 15 is 0 Å². The number of rotatable bonds is 4. The number of nitrogens with one attached hydrogen (secondary N) is 1. The smallest absolute Gasteiger partial charge is 0.272 e. The molecule has 1 amide bonds. The molecule has 0 radical (unpaired) electrons. The predicted molar refractivity (Wildman–Crippen MR) is 74.8 cm³/mol. The zero-order chi connectivity index (χ0) is 15.6. The van der Waals surface area contributed by atoms with Crippen LogP contribution in [0.1, 0.15) is 41.1 Å². The van der Waals surface area contributed by atoms with Gasteiger partial charge in [-0.25, -0.2) is 8.78 Å². The lowest BCUT2D eigenvalue weighted by molar-refractivity contribution is 0.0929. The Hall–Kier alpha value is -2.24. The quantitative estimate of drug-likeness (QED) is 0.942. The molecule has 1 aromatic heterocycles. The van der Waals surface area contributed by atoms with Crippen LogP contribution in [-0.2, 0) is 7.05 Å². The first-order chi connectivity index (χ1) is 9.92. The number of halogens is 2. The molecule has 4 nitrogen and oxygen atoms in total. The summed E-state index contributed by atoms with van der Waals surface area (Å²) in [5.74, 6) is -1.48. The van der Waals surface area contributed by atoms with E-state index in [0.29, 0.717) is 6.42 Å². The average Bonchev–Trinajstić information content (AvgIpc) is 2.79. The van der Waals surface area contributed by atoms with Crippen LogP contribution in [-0.4, -0.2) is 15.7 Å². The largest absolute Gasteiger partial charge is 0.344 e. The van der Waals surface area contributed by atoms with Gasteiger partial charge in [0.05, 0.1) is 6.04 Å². The SMILES string of the molecule is CC[C@@H](NC(=O)c1cc(C)n(C)n1)c1cc(F)ccc1F. The second-order valence-corrected chi connectivity index (χ2v) is 4.89. The van der Waals surface area contributed by atoms with E-state index < -0.39 is 23.6 Å². The minimum absolute atomic E-state index is 0.138. The van der Waals surface area contributed by atoms with Crippen molar-refractivity contribution in [3.63, 3.8) is 0 Å². The van der Waals surface area contributed by atoms with Crippen LogP contribution in [0.2, 0.25) is 0 Å². The fraction of sp³-hybridized carbons (Fsp3) is 0.333. The first kappa shape index (κ1) is 15.2. The highest BCUT2D eigenvalue weighted by atomic mass is 19.1. The normalized spacial score (nSPS) is 12.2. The summed E-state index contributed by atoms with van der Waals surface area (Å²) in [5.41, 5.74) is 1.23. The van der Waals surface area contributed by atoms with Crippen molar-refractivity contribution in [2.75, 3.05) is 0 Å². The number of amides is 1. The highest BCUT2D eigenvalue weighted by Crippen LogP contribution is 2.21. The number of aryl methyl sites for hydroxylation is 2. The lowest BCUT2D eigenvalue weighted by atomic mass is 10.0. The van der Waals surface area contributed by atoms with Crippen molar-refractivity contribution in [1.82, 2.24) is 15.1 Å². The maximum absolute atomic E-state index is 13.8. The van der Waals surface area contributed by atoms with Gasteiger partial charge in [0.25, 0.3) is 5.91 Å². The van der Waals surface area contributed by atoms with Crippen LogP contribution in [0.4, 0.5) is 8.78 Å². The van der Waals surface area contributed by atoms with Crippen LogP contribution >= 0.6 is 0 Å². The van der Waals surface area contributed by atoms with Crippen LogP contribution in [0.15, 0.2) is 24.3 Å². The Labute approximate surface area is 121 Å². The van der Waals surface area contributed by atoms with Crippen molar-refractivity contribution in [1.29, 1.82) is 0 Å². The Morgan fingerprint density at radius 3 is 2.67 bits per heavy atom. The monoisotopic (exact) mass is 293 g/mol. The number of carbonyl (C=O) groups excluding carboxylic acids is 1. The minimum atomic E-state index is -0.601. The third-order valence-electron chi connectivity index (χ3n) is 3.39. The first-order valence-electron chi connectivity index (χ1n) is 6.68. The Balaban J connectivity index is 2.22. The van der Waals surface area contributed by atoms with Gasteiger partial charge in [-0.15, -0.1) is 0 Å². The van der Waals surface area contributed by atoms with E-state index in [1.807, 2.05) is 6.92 Å². The summed E-state index contributed by atoms with van der Waals surface area (Å²) in [5, 5.41) is 6.75. The summed E-state index contributed by atoms with van der Waals surface area (Å²) in [6.07, 6.45) is 0.442. The Morgan fingerprint density at radius 2 is 2.10 bits per heavy atom. The van der Waals surface area contributed by atoms with Crippen LogP contribution < -0.4 is 5.32 Å². The van der Waals surface area contributed by atoms with Gasteiger partial charge in [-0.1, -0.05) is 6.92 Å². The van der Waals surface area contributed by atoms with E-state index in [1.165, 1.54) is 0 Å². The van der Waals surface area contributed by atoms with E-state index in [2.05, 4.69) is 10.4 Å². The first-order valence-corrected chi connectivity index (χ1v) is 6.68. The summed E-state index contributed by atoms with van der Waals surface area (Å²) in [6, 6.07) is 4.26. The van der Waals surface area contributed by atoms with Gasteiger partial charge in [-0.3, -0.25) is 9.48 Å². The van der Waals surface area contributed by atoms with Crippen molar-refractivity contribution in [3.8, 4) is 0 Å². The Morgan fingerprint density at radius 1 is 1.38 bits per heavy atom. The average molecular weight is 293 g/mol. The van der Waals surface area contributed by atoms with E-state index in [9.17, 15) is 13.6 Å². The highest BCUT2D eigenvalue weighted by Gasteiger charge is 2.19. The van der Waals surface area contributed by atoms with Gasteiger partial charge in [0, 0.05) is 18.3 Å². The van der Waals surface area contributed by atoms with Gasteiger partial charge < -0.3 is 5.32 Å². The van der Waals surface area contributed by atoms with Gasteiger partial charge >= 0.3 is 0 Å². The van der Waals surface area contributed by atoms with Crippen molar-refractivity contribution in [2.24, 2.45) is 7.05 Å². The third kappa shape index (κ3) is 3.26. The van der Waals surface area contributed by atoms with Crippen LogP contribution in [0.3, 0.4) is 0 Å². The van der Waals surface area contributed by atoms with E-state index in [1.54, 1.807) is 24.7 Å². The molecule has 1 N–H and O–H groups in total. The third-order valence-corrected chi connectivity index (χ3v) is 3.39. The lowest BCUT2D eigenvalue weighted by Crippen LogP contribution is -2.29. The van der Waals surface area contributed by atoms with Gasteiger partial charge in [0.15, 0.2) is 0 Å². The lowest BCUT2D eigenvalue weighted by Gasteiger charge is -2.17. The molecule has 1 aromatic carbocycles. The standard InChI is InChI=1S/C15H17F2N3O/c1-4-13(11-8-10(16)5-6-12(11)17)18-15(21)14-7-9(2)20(3)19-14/h5-8,13H,4H2,1-3H3,(H,18,21)/t13-/m1/s1. The van der Waals surface area contributed by atoms with E-state index in [4.69, 9.17) is 0 Å². The fourth-order valence-corrected chi connectivity index (χ4v) is 2.09. The molecule has 2 aromatic rings. The van der Waals surface area contributed by atoms with Gasteiger partial charge in [-0.05, 0) is 37.6 Å². The van der Waals surface area contributed by atoms with Crippen molar-refractivity contribution in [2.45, 2.75) is 26.3 Å². The van der Waals surface area contributed by atoms with Crippen LogP contribution in [0, 0.1) is 18.6 Å². The number of hydrogen-bond donors (Lipinski definition) is 1. The fourth-order valence-electron chi connectivity index (χ4n) is 2.09. The molecule has 0 unspecified atom stereocenters. The molecular formula is C15H17F2N3O. The molecule has 1 heterocycles. The zero-order valence-corrected chi connectivity index (χ0v) is 12.2. The summed E-state index contributed by atoms with van der Waals surface area (Å²) in [7, 11) is 1.73. The maximum atomic E-state index is 13.8. The molecule has 0 bridgehead atoms. The second-order valence-electron chi connectivity index (χ2n) is 4.89. The highest BCUT2D eigenvalue weighted by molar-refractivity contribution is 5.92. The minimum Gasteiger partial charge on any atom is -0.344 e. The van der Waals surface area contributed by atoms with Crippen molar-refractivity contribution in [3.05, 3.63) is 52.9 Å². The van der Waals surface area contributed by atoms with Crippen molar-refractivity contribution >= 4 is 5.91 Å². The second kappa shape index (κ2) is 6.03. The van der Waals surface area contributed by atoms with Crippen LogP contribution in [0.5, 0.6) is 0 Å². The molecule has 21 heavy (non-hydrogen) atoms. The number of nitrogens with zero attached hydrogens (tertiary/aromatic N) is 2. The molecule has 0 aliphatic heterocycles. The molecule has 6 heteroatoms. The molecule has 112 valence electrons. The van der Waals surface area contributed by atoms with Crippen molar-refractivity contribution < 1.29 is 13.6 Å². The zero-order valence-electron chi connectivity index (χ0n) is 12.2. The summed E-state index contributed by atoms with van der Waals surface area (Å²) < 4.78 is 28.6. The van der Waals surface area contributed by atoms with Gasteiger partial charge in [0.2, 0.25) is 0 Å². The molecule has 1 atom stereocenters. The molecule has 0 aliphatic rings. The molecule has 0 aliphatic carbocycles. The Kier molecular flexibility index (Phi) is 4.35. The predicted octanol–water partition coefficient (Wildman–Crippen LogP) is 2.89. The van der Waals surface area contributed by atoms with E-state index in [-0.39, 0.29) is 11.3 Å². The molecule has 2 rings (SSSR count). The maximum Gasteiger partial charge on any atom is 0.272 e. The molecule has 0 spiro atoms. The van der Waals surface area contributed by atoms with Gasteiger partial charge in [0.1, 0.15) is 17.3 Å². The number of carbonyl (C=O) groups is 1. The summed E-state index contributed by atoms with van der Waals surface area (Å²) >= 11 is 0.